The number of hydrogen-bond donors (Lipinski definition) is 0. The van der Waals surface area contributed by atoms with Gasteiger partial charge in [0.1, 0.15) is 0 Å². The zero-order valence-corrected chi connectivity index (χ0v) is 9.56. The van der Waals surface area contributed by atoms with Crippen molar-refractivity contribution in [3.63, 3.8) is 0 Å². The fourth-order valence-corrected chi connectivity index (χ4v) is 1.67. The highest BCUT2D eigenvalue weighted by Crippen LogP contribution is 2.30. The predicted molar refractivity (Wildman–Crippen MR) is 57.4 cm³/mol. The van der Waals surface area contributed by atoms with Crippen molar-refractivity contribution < 1.29 is 9.53 Å². The number of carbonyl (C=O) groups is 1. The van der Waals surface area contributed by atoms with E-state index >= 15 is 0 Å². The number of nitrogens with zero attached hydrogens (tertiary/aromatic N) is 2. The third-order valence-corrected chi connectivity index (χ3v) is 2.28. The van der Waals surface area contributed by atoms with Crippen LogP contribution in [0.3, 0.4) is 0 Å². The third kappa shape index (κ3) is 3.38. The van der Waals surface area contributed by atoms with Gasteiger partial charge < -0.3 is 4.74 Å². The largest absolute Gasteiger partial charge is 0.468 e. The molecule has 1 aromatic heterocycles. The Kier molecular flexibility index (Phi) is 3.88. The van der Waals surface area contributed by atoms with Crippen LogP contribution in [0.15, 0.2) is 12.3 Å². The summed E-state index contributed by atoms with van der Waals surface area (Å²) in [7, 11) is 0. The summed E-state index contributed by atoms with van der Waals surface area (Å²) in [6.45, 7) is 8.30. The first-order valence-electron chi connectivity index (χ1n) is 5.15. The van der Waals surface area contributed by atoms with E-state index in [1.807, 2.05) is 6.20 Å². The molecule has 84 valence electrons. The molecule has 0 N–H and O–H groups in total. The molecule has 1 aromatic rings. The second-order valence-corrected chi connectivity index (χ2v) is 4.37. The molecule has 2 rings (SSSR count). The lowest BCUT2D eigenvalue weighted by molar-refractivity contribution is -0.128. The van der Waals surface area contributed by atoms with Gasteiger partial charge in [0.25, 0.3) is 6.47 Å². The Hall–Kier alpha value is -1.32. The number of carbonyl (C=O) groups excluding carboxylic acids is 1. The second-order valence-electron chi connectivity index (χ2n) is 4.37. The summed E-state index contributed by atoms with van der Waals surface area (Å²) in [5.41, 5.74) is 1.81. The van der Waals surface area contributed by atoms with E-state index in [1.54, 1.807) is 6.92 Å². The smallest absolute Gasteiger partial charge is 0.293 e. The van der Waals surface area contributed by atoms with Gasteiger partial charge in [-0.2, -0.15) is 5.10 Å². The van der Waals surface area contributed by atoms with Gasteiger partial charge in [0, 0.05) is 18.4 Å². The van der Waals surface area contributed by atoms with E-state index in [4.69, 9.17) is 0 Å². The van der Waals surface area contributed by atoms with E-state index in [0.717, 1.165) is 6.54 Å². The van der Waals surface area contributed by atoms with Gasteiger partial charge in [-0.3, -0.25) is 9.48 Å². The molecule has 2 heterocycles. The van der Waals surface area contributed by atoms with Gasteiger partial charge in [-0.25, -0.2) is 0 Å². The van der Waals surface area contributed by atoms with Crippen LogP contribution in [0.25, 0.3) is 0 Å². The molecule has 4 heteroatoms. The number of fused-ring (bicyclic) bond motifs is 1. The molecule has 0 atom stereocenters. The average Bonchev–Trinajstić information content (AvgIpc) is 2.63. The molecule has 0 bridgehead atoms. The van der Waals surface area contributed by atoms with Crippen LogP contribution in [0.2, 0.25) is 0 Å². The third-order valence-electron chi connectivity index (χ3n) is 2.28. The average molecular weight is 210 g/mol. The van der Waals surface area contributed by atoms with E-state index < -0.39 is 0 Å². The van der Waals surface area contributed by atoms with Crippen molar-refractivity contribution in [2.45, 2.75) is 33.7 Å². The maximum atomic E-state index is 9.18. The van der Waals surface area contributed by atoms with Crippen molar-refractivity contribution in [1.82, 2.24) is 9.78 Å². The highest BCUT2D eigenvalue weighted by Gasteiger charge is 2.28. The fraction of sp³-hybridized carbons (Fsp3) is 0.636. The summed E-state index contributed by atoms with van der Waals surface area (Å²) in [5, 5.41) is 4.21. The molecule has 0 unspecified atom stereocenters. The van der Waals surface area contributed by atoms with E-state index in [9.17, 15) is 4.79 Å². The summed E-state index contributed by atoms with van der Waals surface area (Å²) in [6.07, 6.45) is 3.05. The normalized spacial score (nSPS) is 16.2. The highest BCUT2D eigenvalue weighted by atomic mass is 16.5. The van der Waals surface area contributed by atoms with E-state index in [2.05, 4.69) is 34.4 Å². The van der Waals surface area contributed by atoms with Crippen molar-refractivity contribution in [3.8, 4) is 0 Å². The fourth-order valence-electron chi connectivity index (χ4n) is 1.67. The van der Waals surface area contributed by atoms with E-state index in [0.29, 0.717) is 18.5 Å². The molecule has 0 saturated carbocycles. The van der Waals surface area contributed by atoms with Gasteiger partial charge in [-0.15, -0.1) is 0 Å². The maximum absolute atomic E-state index is 9.18. The maximum Gasteiger partial charge on any atom is 0.293 e. The Morgan fingerprint density at radius 3 is 2.87 bits per heavy atom. The Balaban J connectivity index is 0.000000195. The molecule has 15 heavy (non-hydrogen) atoms. The molecular formula is C11H18N2O2. The van der Waals surface area contributed by atoms with Gasteiger partial charge in [-0.1, -0.05) is 13.8 Å². The molecule has 0 spiro atoms. The van der Waals surface area contributed by atoms with E-state index in [1.165, 1.54) is 12.1 Å². The Morgan fingerprint density at radius 1 is 1.67 bits per heavy atom. The van der Waals surface area contributed by atoms with E-state index in [-0.39, 0.29) is 0 Å². The van der Waals surface area contributed by atoms with Crippen molar-refractivity contribution in [3.05, 3.63) is 18.0 Å². The number of ether oxygens (including phenoxy) is 1. The van der Waals surface area contributed by atoms with Crippen LogP contribution in [0.1, 0.15) is 26.5 Å². The molecule has 0 saturated heterocycles. The monoisotopic (exact) mass is 210 g/mol. The molecule has 0 radical (unpaired) electrons. The lowest BCUT2D eigenvalue weighted by Gasteiger charge is -2.13. The van der Waals surface area contributed by atoms with Gasteiger partial charge >= 0.3 is 0 Å². The first-order valence-corrected chi connectivity index (χ1v) is 5.15. The highest BCUT2D eigenvalue weighted by molar-refractivity contribution is 5.36. The minimum absolute atomic E-state index is 0.431. The van der Waals surface area contributed by atoms with Crippen LogP contribution in [0, 0.1) is 5.41 Å². The standard InChI is InChI=1S/C8H12N2.C3H6O2/c1-8(2)5-7-3-4-9-10(7)6-8;1-2-5-3-4/h3-4H,5-6H2,1-2H3;3H,2H2,1H3. The molecular weight excluding hydrogens is 192 g/mol. The Labute approximate surface area is 90.2 Å². The quantitative estimate of drug-likeness (QED) is 0.697. The molecule has 0 amide bonds. The second kappa shape index (κ2) is 4.96. The van der Waals surface area contributed by atoms with Crippen molar-refractivity contribution >= 4 is 6.47 Å². The summed E-state index contributed by atoms with van der Waals surface area (Å²) in [4.78, 5) is 9.18. The summed E-state index contributed by atoms with van der Waals surface area (Å²) in [5.74, 6) is 0. The molecule has 0 aliphatic carbocycles. The lowest BCUT2D eigenvalue weighted by Crippen LogP contribution is -2.12. The minimum Gasteiger partial charge on any atom is -0.468 e. The Bertz CT molecular complexity index is 296. The van der Waals surface area contributed by atoms with Crippen molar-refractivity contribution in [2.75, 3.05) is 6.61 Å². The SMILES string of the molecule is CC1(C)Cc2ccnn2C1.CCOC=O. The molecule has 0 aromatic carbocycles. The predicted octanol–water partition coefficient (Wildman–Crippen LogP) is 1.64. The molecule has 0 fully saturated rings. The lowest BCUT2D eigenvalue weighted by atomic mass is 9.91. The number of hydrogen-bond acceptors (Lipinski definition) is 3. The van der Waals surface area contributed by atoms with Gasteiger partial charge in [0.15, 0.2) is 0 Å². The van der Waals surface area contributed by atoms with Crippen molar-refractivity contribution in [2.24, 2.45) is 5.41 Å². The van der Waals surface area contributed by atoms with Crippen LogP contribution in [0.4, 0.5) is 0 Å². The molecule has 1 aliphatic rings. The van der Waals surface area contributed by atoms with Gasteiger partial charge in [-0.05, 0) is 24.8 Å². The molecule has 4 nitrogen and oxygen atoms in total. The Morgan fingerprint density at radius 2 is 2.40 bits per heavy atom. The van der Waals surface area contributed by atoms with Crippen molar-refractivity contribution in [1.29, 1.82) is 0 Å². The van der Waals surface area contributed by atoms with Crippen LogP contribution < -0.4 is 0 Å². The zero-order chi connectivity index (χ0) is 11.3. The van der Waals surface area contributed by atoms with Gasteiger partial charge in [0.05, 0.1) is 6.61 Å². The van der Waals surface area contributed by atoms with Crippen LogP contribution in [-0.4, -0.2) is 22.9 Å². The number of aromatic nitrogens is 2. The minimum atomic E-state index is 0.431. The first-order chi connectivity index (χ1) is 7.09. The van der Waals surface area contributed by atoms with Gasteiger partial charge in [0.2, 0.25) is 0 Å². The van der Waals surface area contributed by atoms with Crippen LogP contribution in [-0.2, 0) is 22.5 Å². The summed E-state index contributed by atoms with van der Waals surface area (Å²) < 4.78 is 6.25. The zero-order valence-electron chi connectivity index (χ0n) is 9.56. The first kappa shape index (κ1) is 11.8. The van der Waals surface area contributed by atoms with Crippen LogP contribution >= 0.6 is 0 Å². The number of rotatable bonds is 2. The molecule has 1 aliphatic heterocycles. The summed E-state index contributed by atoms with van der Waals surface area (Å²) in [6, 6.07) is 2.11. The topological polar surface area (TPSA) is 44.1 Å². The van der Waals surface area contributed by atoms with Crippen LogP contribution in [0.5, 0.6) is 0 Å². The summed E-state index contributed by atoms with van der Waals surface area (Å²) >= 11 is 0.